The predicted molar refractivity (Wildman–Crippen MR) is 65.8 cm³/mol. The molecule has 0 bridgehead atoms. The molecule has 0 spiro atoms. The van der Waals surface area contributed by atoms with Crippen LogP contribution in [0.1, 0.15) is 5.69 Å². The van der Waals surface area contributed by atoms with E-state index in [0.717, 1.165) is 0 Å². The first kappa shape index (κ1) is 16.2. The highest BCUT2D eigenvalue weighted by molar-refractivity contribution is 7.92. The third kappa shape index (κ3) is 4.68. The van der Waals surface area contributed by atoms with E-state index in [-0.39, 0.29) is 5.82 Å². The number of aryl methyl sites for hydroxylation is 1. The van der Waals surface area contributed by atoms with Gasteiger partial charge < -0.3 is 5.32 Å². The minimum Gasteiger partial charge on any atom is -0.337 e. The second-order valence-corrected chi connectivity index (χ2v) is 5.91. The molecule has 6 nitrogen and oxygen atoms in total. The molecule has 1 aromatic heterocycles. The molecule has 0 saturated carbocycles. The molecule has 1 heterocycles. The van der Waals surface area contributed by atoms with Crippen LogP contribution < -0.4 is 10.6 Å². The molecule has 2 N–H and O–H groups in total. The van der Waals surface area contributed by atoms with Gasteiger partial charge in [-0.3, -0.25) is 5.32 Å². The van der Waals surface area contributed by atoms with Crippen LogP contribution in [0.25, 0.3) is 0 Å². The predicted octanol–water partition coefficient (Wildman–Crippen LogP) is 1.45. The van der Waals surface area contributed by atoms with Crippen molar-refractivity contribution in [1.29, 1.82) is 0 Å². The molecule has 10 heteroatoms. The largest absolute Gasteiger partial charge is 0.497 e. The quantitative estimate of drug-likeness (QED) is 0.881. The number of nitrogens with zero attached hydrogens (tertiary/aromatic N) is 1. The van der Waals surface area contributed by atoms with Crippen LogP contribution in [0.2, 0.25) is 0 Å². The van der Waals surface area contributed by atoms with Gasteiger partial charge in [-0.05, 0) is 19.1 Å². The number of nitrogens with one attached hydrogen (secondary N) is 2. The van der Waals surface area contributed by atoms with Crippen molar-refractivity contribution in [3.8, 4) is 0 Å². The van der Waals surface area contributed by atoms with Gasteiger partial charge in [-0.1, -0.05) is 6.07 Å². The zero-order chi connectivity index (χ0) is 15.4. The van der Waals surface area contributed by atoms with E-state index < -0.39 is 33.7 Å². The number of urea groups is 1. The number of amides is 2. The van der Waals surface area contributed by atoms with Gasteiger partial charge in [0.2, 0.25) is 9.84 Å². The van der Waals surface area contributed by atoms with E-state index in [4.69, 9.17) is 0 Å². The highest BCUT2D eigenvalue weighted by atomic mass is 32.2. The summed E-state index contributed by atoms with van der Waals surface area (Å²) in [5.74, 6) is -1.01. The van der Waals surface area contributed by atoms with Crippen LogP contribution in [0, 0.1) is 6.92 Å². The average molecular weight is 311 g/mol. The molecule has 20 heavy (non-hydrogen) atoms. The molecule has 0 radical (unpaired) electrons. The lowest BCUT2D eigenvalue weighted by atomic mass is 10.4. The van der Waals surface area contributed by atoms with E-state index in [1.54, 1.807) is 19.1 Å². The van der Waals surface area contributed by atoms with Crippen molar-refractivity contribution in [2.24, 2.45) is 0 Å². The maximum Gasteiger partial charge on any atom is 0.497 e. The Morgan fingerprint density at radius 2 is 2.00 bits per heavy atom. The fourth-order valence-electron chi connectivity index (χ4n) is 1.19. The highest BCUT2D eigenvalue weighted by Crippen LogP contribution is 2.23. The number of alkyl halides is 3. The third-order valence-electron chi connectivity index (χ3n) is 2.14. The summed E-state index contributed by atoms with van der Waals surface area (Å²) in [4.78, 5) is 15.3. The second-order valence-electron chi connectivity index (χ2n) is 3.81. The molecule has 0 aromatic carbocycles. The first-order chi connectivity index (χ1) is 9.12. The van der Waals surface area contributed by atoms with E-state index in [1.807, 2.05) is 5.32 Å². The molecular formula is C10H12F3N3O3S. The fourth-order valence-corrected chi connectivity index (χ4v) is 1.79. The van der Waals surface area contributed by atoms with Crippen LogP contribution in [0.3, 0.4) is 0 Å². The summed E-state index contributed by atoms with van der Waals surface area (Å²) < 4.78 is 57.5. The third-order valence-corrected chi connectivity index (χ3v) is 3.59. The Morgan fingerprint density at radius 3 is 2.55 bits per heavy atom. The Bertz CT molecular complexity index is 587. The van der Waals surface area contributed by atoms with Gasteiger partial charge in [-0.15, -0.1) is 0 Å². The maximum atomic E-state index is 12.0. The first-order valence-corrected chi connectivity index (χ1v) is 7.04. The van der Waals surface area contributed by atoms with E-state index in [0.29, 0.717) is 5.69 Å². The number of aromatic nitrogens is 1. The van der Waals surface area contributed by atoms with E-state index >= 15 is 0 Å². The SMILES string of the molecule is Cc1cccc(NC(=O)NCCS(=O)(=O)C(F)(F)F)n1. The van der Waals surface area contributed by atoms with Crippen LogP contribution in [-0.2, 0) is 9.84 Å². The minimum atomic E-state index is -5.32. The summed E-state index contributed by atoms with van der Waals surface area (Å²) >= 11 is 0. The van der Waals surface area contributed by atoms with Crippen molar-refractivity contribution < 1.29 is 26.4 Å². The second kappa shape index (κ2) is 6.07. The topological polar surface area (TPSA) is 88.2 Å². The molecule has 0 unspecified atom stereocenters. The van der Waals surface area contributed by atoms with Crippen molar-refractivity contribution >= 4 is 21.7 Å². The first-order valence-electron chi connectivity index (χ1n) is 5.39. The molecular weight excluding hydrogens is 299 g/mol. The Morgan fingerprint density at radius 1 is 1.35 bits per heavy atom. The van der Waals surface area contributed by atoms with Gasteiger partial charge in [0.25, 0.3) is 0 Å². The number of carbonyl (C=O) groups is 1. The van der Waals surface area contributed by atoms with Crippen molar-refractivity contribution in [2.75, 3.05) is 17.6 Å². The number of halogens is 3. The van der Waals surface area contributed by atoms with Gasteiger partial charge in [0.1, 0.15) is 5.82 Å². The van der Waals surface area contributed by atoms with Crippen molar-refractivity contribution in [3.05, 3.63) is 23.9 Å². The van der Waals surface area contributed by atoms with Crippen LogP contribution in [0.4, 0.5) is 23.8 Å². The number of hydrogen-bond acceptors (Lipinski definition) is 4. The Balaban J connectivity index is 2.46. The molecule has 0 saturated heterocycles. The van der Waals surface area contributed by atoms with Gasteiger partial charge in [0.05, 0.1) is 5.75 Å². The number of carbonyl (C=O) groups excluding carboxylic acids is 1. The number of pyridine rings is 1. The zero-order valence-electron chi connectivity index (χ0n) is 10.4. The molecule has 0 aliphatic carbocycles. The van der Waals surface area contributed by atoms with Crippen LogP contribution >= 0.6 is 0 Å². The number of hydrogen-bond donors (Lipinski definition) is 2. The Labute approximate surface area is 113 Å². The summed E-state index contributed by atoms with van der Waals surface area (Å²) in [6, 6.07) is 3.98. The normalized spacial score (nSPS) is 12.0. The summed E-state index contributed by atoms with van der Waals surface area (Å²) in [6.45, 7) is 1.04. The van der Waals surface area contributed by atoms with Crippen molar-refractivity contribution in [1.82, 2.24) is 10.3 Å². The molecule has 112 valence electrons. The molecule has 0 atom stereocenters. The minimum absolute atomic E-state index is 0.209. The number of sulfone groups is 1. The van der Waals surface area contributed by atoms with Gasteiger partial charge >= 0.3 is 11.5 Å². The smallest absolute Gasteiger partial charge is 0.337 e. The molecule has 1 aromatic rings. The highest BCUT2D eigenvalue weighted by Gasteiger charge is 2.44. The lowest BCUT2D eigenvalue weighted by Crippen LogP contribution is -2.36. The summed E-state index contributed by atoms with van der Waals surface area (Å²) in [6.07, 6.45) is 0. The summed E-state index contributed by atoms with van der Waals surface area (Å²) in [7, 11) is -5.23. The molecule has 1 rings (SSSR count). The molecule has 0 fully saturated rings. The van der Waals surface area contributed by atoms with Gasteiger partial charge in [0.15, 0.2) is 0 Å². The van der Waals surface area contributed by atoms with Gasteiger partial charge in [-0.2, -0.15) is 13.2 Å². The molecule has 0 aliphatic heterocycles. The fraction of sp³-hybridized carbons (Fsp3) is 0.400. The lowest BCUT2D eigenvalue weighted by molar-refractivity contribution is -0.0435. The van der Waals surface area contributed by atoms with Crippen molar-refractivity contribution in [3.63, 3.8) is 0 Å². The lowest BCUT2D eigenvalue weighted by Gasteiger charge is -2.09. The zero-order valence-corrected chi connectivity index (χ0v) is 11.2. The standard InChI is InChI=1S/C10H12F3N3O3S/c1-7-3-2-4-8(15-7)16-9(17)14-5-6-20(18,19)10(11,12)13/h2-4H,5-6H2,1H3,(H2,14,15,16,17). The van der Waals surface area contributed by atoms with E-state index in [1.165, 1.54) is 6.07 Å². The average Bonchev–Trinajstić information content (AvgIpc) is 2.26. The molecule has 2 amide bonds. The molecule has 0 aliphatic rings. The van der Waals surface area contributed by atoms with E-state index in [9.17, 15) is 26.4 Å². The van der Waals surface area contributed by atoms with Crippen LogP contribution in [-0.4, -0.2) is 37.2 Å². The van der Waals surface area contributed by atoms with Gasteiger partial charge in [0, 0.05) is 12.2 Å². The van der Waals surface area contributed by atoms with Crippen molar-refractivity contribution in [2.45, 2.75) is 12.4 Å². The summed E-state index contributed by atoms with van der Waals surface area (Å²) in [5.41, 5.74) is -4.68. The Kier molecular flexibility index (Phi) is 4.93. The summed E-state index contributed by atoms with van der Waals surface area (Å²) in [5, 5.41) is 4.28. The van der Waals surface area contributed by atoms with Gasteiger partial charge in [-0.25, -0.2) is 18.2 Å². The van der Waals surface area contributed by atoms with Crippen LogP contribution in [0.15, 0.2) is 18.2 Å². The van der Waals surface area contributed by atoms with Crippen LogP contribution in [0.5, 0.6) is 0 Å². The van der Waals surface area contributed by atoms with E-state index in [2.05, 4.69) is 10.3 Å². The number of rotatable bonds is 4. The Hall–Kier alpha value is -1.84. The monoisotopic (exact) mass is 311 g/mol. The maximum absolute atomic E-state index is 12.0. The number of anilines is 1.